The Morgan fingerprint density at radius 1 is 0.929 bits per heavy atom. The van der Waals surface area contributed by atoms with Crippen molar-refractivity contribution >= 4 is 11.6 Å². The van der Waals surface area contributed by atoms with Crippen LogP contribution in [0.1, 0.15) is 11.3 Å². The number of nitrogens with zero attached hydrogens (tertiary/aromatic N) is 3. The van der Waals surface area contributed by atoms with Crippen LogP contribution in [-0.4, -0.2) is 41.0 Å². The third kappa shape index (κ3) is 4.41. The van der Waals surface area contributed by atoms with Crippen LogP contribution in [0.3, 0.4) is 0 Å². The first-order valence-electron chi connectivity index (χ1n) is 9.16. The second kappa shape index (κ2) is 8.39. The van der Waals surface area contributed by atoms with Gasteiger partial charge in [-0.3, -0.25) is 9.80 Å². The van der Waals surface area contributed by atoms with Crippen LogP contribution < -0.4 is 0 Å². The molecule has 0 spiro atoms. The Morgan fingerprint density at radius 2 is 1.61 bits per heavy atom. The van der Waals surface area contributed by atoms with Gasteiger partial charge in [0.15, 0.2) is 0 Å². The quantitative estimate of drug-likeness (QED) is 0.623. The number of halogens is 3. The van der Waals surface area contributed by atoms with Gasteiger partial charge in [0, 0.05) is 55.4 Å². The van der Waals surface area contributed by atoms with E-state index in [4.69, 9.17) is 16.0 Å². The minimum Gasteiger partial charge on any atom is -0.444 e. The first-order valence-corrected chi connectivity index (χ1v) is 9.54. The maximum Gasteiger partial charge on any atom is 0.226 e. The van der Waals surface area contributed by atoms with Crippen LogP contribution >= 0.6 is 11.6 Å². The monoisotopic (exact) mass is 403 g/mol. The molecular formula is C21H20ClF2N3O. The minimum absolute atomic E-state index is 0.258. The lowest BCUT2D eigenvalue weighted by atomic mass is 10.2. The summed E-state index contributed by atoms with van der Waals surface area (Å²) < 4.78 is 32.5. The van der Waals surface area contributed by atoms with E-state index in [2.05, 4.69) is 14.8 Å². The molecule has 0 saturated carbocycles. The Balaban J connectivity index is 1.32. The van der Waals surface area contributed by atoms with Crippen molar-refractivity contribution in [2.75, 3.05) is 26.2 Å². The van der Waals surface area contributed by atoms with Gasteiger partial charge in [0.1, 0.15) is 17.9 Å². The van der Waals surface area contributed by atoms with Gasteiger partial charge in [-0.05, 0) is 36.4 Å². The number of piperazine rings is 1. The molecule has 1 saturated heterocycles. The van der Waals surface area contributed by atoms with Gasteiger partial charge >= 0.3 is 0 Å². The highest BCUT2D eigenvalue weighted by atomic mass is 35.5. The number of aromatic nitrogens is 1. The van der Waals surface area contributed by atoms with Crippen LogP contribution in [-0.2, 0) is 13.1 Å². The second-order valence-electron chi connectivity index (χ2n) is 6.90. The lowest BCUT2D eigenvalue weighted by Gasteiger charge is -2.34. The summed E-state index contributed by atoms with van der Waals surface area (Å²) in [5, 5.41) is 0.471. The molecule has 3 aromatic rings. The van der Waals surface area contributed by atoms with Gasteiger partial charge in [0.05, 0.1) is 5.69 Å². The molecular weight excluding hydrogens is 384 g/mol. The summed E-state index contributed by atoms with van der Waals surface area (Å²) in [4.78, 5) is 8.99. The molecule has 2 heterocycles. The van der Waals surface area contributed by atoms with Crippen molar-refractivity contribution < 1.29 is 13.2 Å². The first-order chi connectivity index (χ1) is 13.6. The number of oxazole rings is 1. The summed E-state index contributed by atoms with van der Waals surface area (Å²) in [6.45, 7) is 4.55. The van der Waals surface area contributed by atoms with Gasteiger partial charge in [0.25, 0.3) is 0 Å². The molecule has 0 amide bonds. The molecule has 146 valence electrons. The standard InChI is InChI=1S/C21H20ClF2N3O/c22-19-2-1-3-20(24)18(19)13-27-10-8-26(9-11-27)12-17-14-28-21(25-17)15-4-6-16(23)7-5-15/h1-7,14H,8-13H2. The molecule has 0 aliphatic carbocycles. The predicted molar refractivity (Wildman–Crippen MR) is 104 cm³/mol. The van der Waals surface area contributed by atoms with Gasteiger partial charge in [-0.1, -0.05) is 17.7 Å². The average molecular weight is 404 g/mol. The molecule has 7 heteroatoms. The maximum atomic E-state index is 14.0. The molecule has 4 nitrogen and oxygen atoms in total. The fraction of sp³-hybridized carbons (Fsp3) is 0.286. The summed E-state index contributed by atoms with van der Waals surface area (Å²) in [5.74, 6) is -0.0567. The molecule has 0 N–H and O–H groups in total. The Hall–Kier alpha value is -2.28. The molecule has 1 aliphatic rings. The van der Waals surface area contributed by atoms with E-state index in [1.165, 1.54) is 18.2 Å². The highest BCUT2D eigenvalue weighted by Crippen LogP contribution is 2.22. The third-order valence-corrected chi connectivity index (χ3v) is 5.29. The molecule has 1 aromatic heterocycles. The Morgan fingerprint density at radius 3 is 2.29 bits per heavy atom. The largest absolute Gasteiger partial charge is 0.444 e. The van der Waals surface area contributed by atoms with Crippen LogP contribution in [0.4, 0.5) is 8.78 Å². The van der Waals surface area contributed by atoms with E-state index in [-0.39, 0.29) is 11.6 Å². The molecule has 2 aromatic carbocycles. The van der Waals surface area contributed by atoms with Crippen LogP contribution in [0.15, 0.2) is 53.1 Å². The third-order valence-electron chi connectivity index (χ3n) is 4.94. The van der Waals surface area contributed by atoms with Gasteiger partial charge in [-0.15, -0.1) is 0 Å². The molecule has 0 atom stereocenters. The highest BCUT2D eigenvalue weighted by Gasteiger charge is 2.20. The highest BCUT2D eigenvalue weighted by molar-refractivity contribution is 6.31. The Labute approximate surface area is 167 Å². The number of benzene rings is 2. The Kier molecular flexibility index (Phi) is 5.71. The van der Waals surface area contributed by atoms with Gasteiger partial charge in [-0.2, -0.15) is 0 Å². The smallest absolute Gasteiger partial charge is 0.226 e. The molecule has 0 radical (unpaired) electrons. The lowest BCUT2D eigenvalue weighted by molar-refractivity contribution is 0.120. The van der Waals surface area contributed by atoms with E-state index in [0.717, 1.165) is 37.4 Å². The topological polar surface area (TPSA) is 32.5 Å². The fourth-order valence-electron chi connectivity index (χ4n) is 3.35. The van der Waals surface area contributed by atoms with E-state index >= 15 is 0 Å². The molecule has 28 heavy (non-hydrogen) atoms. The zero-order valence-electron chi connectivity index (χ0n) is 15.2. The zero-order valence-corrected chi connectivity index (χ0v) is 16.0. The molecule has 4 rings (SSSR count). The van der Waals surface area contributed by atoms with Crippen LogP contribution in [0.5, 0.6) is 0 Å². The van der Waals surface area contributed by atoms with Crippen molar-refractivity contribution in [1.82, 2.24) is 14.8 Å². The van der Waals surface area contributed by atoms with Crippen LogP contribution in [0.25, 0.3) is 11.5 Å². The average Bonchev–Trinajstić information content (AvgIpc) is 3.15. The van der Waals surface area contributed by atoms with Gasteiger partial charge in [0.2, 0.25) is 5.89 Å². The van der Waals surface area contributed by atoms with E-state index in [9.17, 15) is 8.78 Å². The van der Waals surface area contributed by atoms with Gasteiger partial charge < -0.3 is 4.42 Å². The van der Waals surface area contributed by atoms with E-state index < -0.39 is 0 Å². The van der Waals surface area contributed by atoms with Crippen LogP contribution in [0, 0.1) is 11.6 Å². The lowest BCUT2D eigenvalue weighted by Crippen LogP contribution is -2.45. The zero-order chi connectivity index (χ0) is 19.5. The summed E-state index contributed by atoms with van der Waals surface area (Å²) in [6.07, 6.45) is 1.64. The van der Waals surface area contributed by atoms with E-state index in [0.29, 0.717) is 29.6 Å². The number of hydrogen-bond donors (Lipinski definition) is 0. The fourth-order valence-corrected chi connectivity index (χ4v) is 3.57. The number of hydrogen-bond acceptors (Lipinski definition) is 4. The van der Waals surface area contributed by atoms with Crippen molar-refractivity contribution in [3.05, 3.63) is 76.6 Å². The minimum atomic E-state index is -0.287. The molecule has 1 aliphatic heterocycles. The summed E-state index contributed by atoms with van der Waals surface area (Å²) in [7, 11) is 0. The molecule has 0 bridgehead atoms. The van der Waals surface area contributed by atoms with Crippen LogP contribution in [0.2, 0.25) is 5.02 Å². The van der Waals surface area contributed by atoms with E-state index in [1.54, 1.807) is 30.5 Å². The van der Waals surface area contributed by atoms with Crippen molar-refractivity contribution in [2.24, 2.45) is 0 Å². The first kappa shape index (κ1) is 19.1. The summed E-state index contributed by atoms with van der Waals surface area (Å²) in [6, 6.07) is 10.9. The maximum absolute atomic E-state index is 14.0. The van der Waals surface area contributed by atoms with Crippen molar-refractivity contribution in [3.63, 3.8) is 0 Å². The van der Waals surface area contributed by atoms with Crippen molar-refractivity contribution in [2.45, 2.75) is 13.1 Å². The number of rotatable bonds is 5. The predicted octanol–water partition coefficient (Wildman–Crippen LogP) is 4.59. The molecule has 1 fully saturated rings. The summed E-state index contributed by atoms with van der Waals surface area (Å²) in [5.41, 5.74) is 2.14. The van der Waals surface area contributed by atoms with E-state index in [1.807, 2.05) is 0 Å². The van der Waals surface area contributed by atoms with Crippen molar-refractivity contribution in [3.8, 4) is 11.5 Å². The summed E-state index contributed by atoms with van der Waals surface area (Å²) >= 11 is 6.13. The second-order valence-corrected chi connectivity index (χ2v) is 7.31. The van der Waals surface area contributed by atoms with Crippen molar-refractivity contribution in [1.29, 1.82) is 0 Å². The molecule has 0 unspecified atom stereocenters. The van der Waals surface area contributed by atoms with Gasteiger partial charge in [-0.25, -0.2) is 13.8 Å². The normalized spacial score (nSPS) is 15.8. The SMILES string of the molecule is Fc1ccc(-c2nc(CN3CCN(Cc4c(F)cccc4Cl)CC3)co2)cc1. The Bertz CT molecular complexity index is 917.